The van der Waals surface area contributed by atoms with Gasteiger partial charge in [0.25, 0.3) is 5.91 Å². The van der Waals surface area contributed by atoms with Crippen molar-refractivity contribution in [2.45, 2.75) is 51.5 Å². The number of nitrogens with one attached hydrogen (secondary N) is 2. The minimum absolute atomic E-state index is 0.0645. The van der Waals surface area contributed by atoms with Gasteiger partial charge >= 0.3 is 0 Å². The molecule has 3 atom stereocenters. The van der Waals surface area contributed by atoms with E-state index in [9.17, 15) is 4.79 Å². The molecule has 4 nitrogen and oxygen atoms in total. The molecule has 3 unspecified atom stereocenters. The van der Waals surface area contributed by atoms with E-state index in [0.29, 0.717) is 24.0 Å². The van der Waals surface area contributed by atoms with Crippen LogP contribution >= 0.6 is 0 Å². The zero-order chi connectivity index (χ0) is 24.6. The average Bonchev–Trinajstić information content (AvgIpc) is 3.34. The molecule has 0 saturated carbocycles. The lowest BCUT2D eigenvalue weighted by Gasteiger charge is -2.37. The van der Waals surface area contributed by atoms with Crippen LogP contribution in [-0.4, -0.2) is 12.5 Å². The summed E-state index contributed by atoms with van der Waals surface area (Å²) in [4.78, 5) is 12.9. The number of carbonyl (C=O) groups is 1. The summed E-state index contributed by atoms with van der Waals surface area (Å²) in [7, 11) is 0. The Morgan fingerprint density at radius 1 is 1.03 bits per heavy atom. The maximum atomic E-state index is 12.9. The number of allylic oxidation sites excluding steroid dienone is 2. The predicted octanol–water partition coefficient (Wildman–Crippen LogP) is 7.46. The zero-order valence-electron chi connectivity index (χ0n) is 21.0. The van der Waals surface area contributed by atoms with Crippen LogP contribution in [0.3, 0.4) is 0 Å². The van der Waals surface area contributed by atoms with Gasteiger partial charge in [0.15, 0.2) is 0 Å². The summed E-state index contributed by atoms with van der Waals surface area (Å²) in [6.07, 6.45) is 5.64. The van der Waals surface area contributed by atoms with Crippen molar-refractivity contribution < 1.29 is 9.53 Å². The van der Waals surface area contributed by atoms with Gasteiger partial charge in [0.05, 0.1) is 12.6 Å². The highest BCUT2D eigenvalue weighted by Crippen LogP contribution is 2.50. The number of hydrogen-bond donors (Lipinski definition) is 2. The van der Waals surface area contributed by atoms with Gasteiger partial charge in [-0.2, -0.15) is 0 Å². The summed E-state index contributed by atoms with van der Waals surface area (Å²) in [5.41, 5.74) is 6.42. The summed E-state index contributed by atoms with van der Waals surface area (Å²) in [6.45, 7) is 9.20. The fraction of sp³-hybridized carbons (Fsp3) is 0.323. The number of fused-ring (bicyclic) bond motifs is 3. The number of rotatable bonds is 5. The second-order valence-electron chi connectivity index (χ2n) is 10.6. The molecule has 0 bridgehead atoms. The topological polar surface area (TPSA) is 50.4 Å². The third-order valence-electron chi connectivity index (χ3n) is 7.18. The summed E-state index contributed by atoms with van der Waals surface area (Å²) < 4.78 is 5.62. The summed E-state index contributed by atoms with van der Waals surface area (Å²) in [5.74, 6) is 1.59. The van der Waals surface area contributed by atoms with E-state index in [0.717, 1.165) is 23.5 Å². The number of hydrogen-bond acceptors (Lipinski definition) is 3. The van der Waals surface area contributed by atoms with E-state index in [1.807, 2.05) is 37.3 Å². The molecule has 5 rings (SSSR count). The largest absolute Gasteiger partial charge is 0.494 e. The highest BCUT2D eigenvalue weighted by Gasteiger charge is 2.38. The Morgan fingerprint density at radius 2 is 1.77 bits per heavy atom. The maximum absolute atomic E-state index is 12.9. The van der Waals surface area contributed by atoms with E-state index in [1.165, 1.54) is 16.7 Å². The quantitative estimate of drug-likeness (QED) is 0.384. The Hall–Kier alpha value is -3.53. The van der Waals surface area contributed by atoms with Crippen LogP contribution in [0.15, 0.2) is 78.9 Å². The van der Waals surface area contributed by atoms with Crippen molar-refractivity contribution in [3.8, 4) is 5.75 Å². The van der Waals surface area contributed by atoms with E-state index in [1.54, 1.807) is 0 Å². The average molecular weight is 467 g/mol. The van der Waals surface area contributed by atoms with Gasteiger partial charge in [0.2, 0.25) is 0 Å². The van der Waals surface area contributed by atoms with Crippen molar-refractivity contribution in [2.24, 2.45) is 5.92 Å². The zero-order valence-corrected chi connectivity index (χ0v) is 21.0. The highest BCUT2D eigenvalue weighted by atomic mass is 16.5. The van der Waals surface area contributed by atoms with Crippen LogP contribution in [0.4, 0.5) is 11.4 Å². The molecule has 4 heteroatoms. The van der Waals surface area contributed by atoms with E-state index in [2.05, 4.69) is 80.0 Å². The molecule has 35 heavy (non-hydrogen) atoms. The standard InChI is InChI=1S/C31H34N2O2/c1-5-35-24-16-11-20(12-17-24)29-26-8-6-7-25(26)27-19-23(15-18-28(27)33-29)32-30(34)21-9-13-22(14-10-21)31(2,3)4/h6-7,9-19,25-26,29,33H,5,8H2,1-4H3,(H,32,34). The molecule has 0 spiro atoms. The first-order chi connectivity index (χ1) is 16.8. The molecule has 1 aliphatic carbocycles. The van der Waals surface area contributed by atoms with Crippen LogP contribution in [-0.2, 0) is 5.41 Å². The van der Waals surface area contributed by atoms with Gasteiger partial charge in [0, 0.05) is 22.9 Å². The lowest BCUT2D eigenvalue weighted by Crippen LogP contribution is -2.29. The summed E-state index contributed by atoms with van der Waals surface area (Å²) in [5, 5.41) is 6.88. The van der Waals surface area contributed by atoms with Crippen molar-refractivity contribution in [3.63, 3.8) is 0 Å². The Balaban J connectivity index is 1.35. The van der Waals surface area contributed by atoms with Crippen molar-refractivity contribution in [3.05, 3.63) is 101 Å². The van der Waals surface area contributed by atoms with Gasteiger partial charge in [0.1, 0.15) is 5.75 Å². The molecule has 0 radical (unpaired) electrons. The minimum Gasteiger partial charge on any atom is -0.494 e. The Labute approximate surface area is 208 Å². The molecule has 2 aliphatic rings. The van der Waals surface area contributed by atoms with Crippen molar-refractivity contribution in [2.75, 3.05) is 17.2 Å². The van der Waals surface area contributed by atoms with Gasteiger partial charge < -0.3 is 15.4 Å². The number of amides is 1. The van der Waals surface area contributed by atoms with E-state index in [4.69, 9.17) is 4.74 Å². The first-order valence-electron chi connectivity index (χ1n) is 12.6. The second-order valence-corrected chi connectivity index (χ2v) is 10.6. The van der Waals surface area contributed by atoms with E-state index in [-0.39, 0.29) is 17.4 Å². The predicted molar refractivity (Wildman–Crippen MR) is 143 cm³/mol. The molecule has 0 aromatic heterocycles. The lowest BCUT2D eigenvalue weighted by atomic mass is 9.77. The monoisotopic (exact) mass is 466 g/mol. The van der Waals surface area contributed by atoms with Crippen LogP contribution < -0.4 is 15.4 Å². The SMILES string of the molecule is CCOc1ccc(C2Nc3ccc(NC(=O)c4ccc(C(C)(C)C)cc4)cc3C3C=CCC32)cc1. The molecule has 0 fully saturated rings. The van der Waals surface area contributed by atoms with Crippen molar-refractivity contribution >= 4 is 17.3 Å². The van der Waals surface area contributed by atoms with E-state index >= 15 is 0 Å². The fourth-order valence-electron chi connectivity index (χ4n) is 5.27. The fourth-order valence-corrected chi connectivity index (χ4v) is 5.27. The molecule has 1 aliphatic heterocycles. The van der Waals surface area contributed by atoms with Crippen LogP contribution in [0.1, 0.15) is 73.1 Å². The van der Waals surface area contributed by atoms with Gasteiger partial charge in [-0.25, -0.2) is 0 Å². The second kappa shape index (κ2) is 9.26. The van der Waals surface area contributed by atoms with Gasteiger partial charge in [-0.1, -0.05) is 57.2 Å². The summed E-state index contributed by atoms with van der Waals surface area (Å²) >= 11 is 0. The third-order valence-corrected chi connectivity index (χ3v) is 7.18. The van der Waals surface area contributed by atoms with Crippen LogP contribution in [0.2, 0.25) is 0 Å². The van der Waals surface area contributed by atoms with Gasteiger partial charge in [-0.05, 0) is 83.8 Å². The van der Waals surface area contributed by atoms with E-state index < -0.39 is 0 Å². The van der Waals surface area contributed by atoms with Crippen LogP contribution in [0.25, 0.3) is 0 Å². The molecule has 3 aromatic carbocycles. The molecule has 1 heterocycles. The first kappa shape index (κ1) is 23.2. The molecule has 2 N–H and O–H groups in total. The highest BCUT2D eigenvalue weighted by molar-refractivity contribution is 6.04. The summed E-state index contributed by atoms with van der Waals surface area (Å²) in [6, 6.07) is 22.8. The van der Waals surface area contributed by atoms with Gasteiger partial charge in [-0.15, -0.1) is 0 Å². The van der Waals surface area contributed by atoms with Crippen LogP contribution in [0, 0.1) is 5.92 Å². The molecular formula is C31H34N2O2. The number of ether oxygens (including phenoxy) is 1. The minimum atomic E-state index is -0.0834. The lowest BCUT2D eigenvalue weighted by molar-refractivity contribution is 0.102. The van der Waals surface area contributed by atoms with Crippen LogP contribution in [0.5, 0.6) is 5.75 Å². The maximum Gasteiger partial charge on any atom is 0.255 e. The number of benzene rings is 3. The third kappa shape index (κ3) is 4.70. The van der Waals surface area contributed by atoms with Gasteiger partial charge in [-0.3, -0.25) is 4.79 Å². The molecular weight excluding hydrogens is 432 g/mol. The first-order valence-corrected chi connectivity index (χ1v) is 12.6. The van der Waals surface area contributed by atoms with Crippen molar-refractivity contribution in [1.29, 1.82) is 0 Å². The number of carbonyl (C=O) groups excluding carboxylic acids is 1. The molecule has 180 valence electrons. The smallest absolute Gasteiger partial charge is 0.255 e. The van der Waals surface area contributed by atoms with Crippen molar-refractivity contribution in [1.82, 2.24) is 0 Å². The molecule has 0 saturated heterocycles. The molecule has 1 amide bonds. The normalized spacial score (nSPS) is 20.5. The molecule has 3 aromatic rings. The Morgan fingerprint density at radius 3 is 2.46 bits per heavy atom. The Bertz CT molecular complexity index is 1240. The Kier molecular flexibility index (Phi) is 6.14. The number of anilines is 2.